The van der Waals surface area contributed by atoms with Crippen LogP contribution in [0.3, 0.4) is 0 Å². The van der Waals surface area contributed by atoms with Crippen molar-refractivity contribution in [1.29, 1.82) is 0 Å². The standard InChI is InChI=1S/C13H18BrN5O2S2/c1-9-8-11(19(2)3)18-13(17-9)15-6-7-16-23(20,21)12-5-4-10(14)22-12/h4-5,8,16H,6-7H2,1-3H3,(H,15,17,18). The van der Waals surface area contributed by atoms with Crippen LogP contribution in [0, 0.1) is 6.92 Å². The van der Waals surface area contributed by atoms with Crippen LogP contribution in [0.5, 0.6) is 0 Å². The Morgan fingerprint density at radius 1 is 1.26 bits per heavy atom. The van der Waals surface area contributed by atoms with Gasteiger partial charge in [-0.2, -0.15) is 4.98 Å². The van der Waals surface area contributed by atoms with Crippen molar-refractivity contribution >= 4 is 49.1 Å². The maximum Gasteiger partial charge on any atom is 0.250 e. The van der Waals surface area contributed by atoms with Crippen molar-refractivity contribution in [2.24, 2.45) is 0 Å². The molecule has 0 aliphatic heterocycles. The molecule has 0 aliphatic carbocycles. The number of anilines is 2. The summed E-state index contributed by atoms with van der Waals surface area (Å²) in [4.78, 5) is 10.5. The quantitative estimate of drug-likeness (QED) is 0.667. The topological polar surface area (TPSA) is 87.2 Å². The van der Waals surface area contributed by atoms with Gasteiger partial charge in [-0.3, -0.25) is 0 Å². The Morgan fingerprint density at radius 3 is 2.61 bits per heavy atom. The molecule has 0 unspecified atom stereocenters. The normalized spacial score (nSPS) is 11.5. The average Bonchev–Trinajstić information content (AvgIpc) is 2.90. The van der Waals surface area contributed by atoms with Crippen molar-refractivity contribution in [3.8, 4) is 0 Å². The third-order valence-electron chi connectivity index (χ3n) is 2.81. The second-order valence-corrected chi connectivity index (χ2v) is 9.43. The van der Waals surface area contributed by atoms with Gasteiger partial charge >= 0.3 is 0 Å². The van der Waals surface area contributed by atoms with Gasteiger partial charge in [-0.1, -0.05) is 0 Å². The summed E-state index contributed by atoms with van der Waals surface area (Å²) in [6, 6.07) is 5.15. The van der Waals surface area contributed by atoms with Crippen molar-refractivity contribution in [3.05, 3.63) is 27.7 Å². The van der Waals surface area contributed by atoms with Gasteiger partial charge in [0.2, 0.25) is 16.0 Å². The summed E-state index contributed by atoms with van der Waals surface area (Å²) >= 11 is 4.43. The summed E-state index contributed by atoms with van der Waals surface area (Å²) in [5, 5.41) is 3.03. The fourth-order valence-electron chi connectivity index (χ4n) is 1.73. The van der Waals surface area contributed by atoms with E-state index in [0.29, 0.717) is 12.5 Å². The molecular weight excluding hydrogens is 402 g/mol. The number of nitrogens with one attached hydrogen (secondary N) is 2. The van der Waals surface area contributed by atoms with Crippen LogP contribution in [0.1, 0.15) is 5.69 Å². The molecule has 7 nitrogen and oxygen atoms in total. The third-order valence-corrected chi connectivity index (χ3v) is 6.39. The fraction of sp³-hybridized carbons (Fsp3) is 0.385. The van der Waals surface area contributed by atoms with Crippen molar-refractivity contribution in [2.75, 3.05) is 37.4 Å². The molecule has 0 saturated heterocycles. The Bertz CT molecular complexity index is 776. The molecule has 23 heavy (non-hydrogen) atoms. The summed E-state index contributed by atoms with van der Waals surface area (Å²) in [6.07, 6.45) is 0. The summed E-state index contributed by atoms with van der Waals surface area (Å²) in [5.74, 6) is 1.27. The zero-order chi connectivity index (χ0) is 17.0. The maximum absolute atomic E-state index is 12.1. The largest absolute Gasteiger partial charge is 0.363 e. The number of aromatic nitrogens is 2. The van der Waals surface area contributed by atoms with E-state index in [-0.39, 0.29) is 10.8 Å². The lowest BCUT2D eigenvalue weighted by atomic mass is 10.4. The molecule has 0 aromatic carbocycles. The molecule has 10 heteroatoms. The van der Waals surface area contributed by atoms with Crippen LogP contribution < -0.4 is 14.9 Å². The highest BCUT2D eigenvalue weighted by molar-refractivity contribution is 9.11. The third kappa shape index (κ3) is 5.13. The molecule has 0 amide bonds. The predicted molar refractivity (Wildman–Crippen MR) is 96.8 cm³/mol. The minimum Gasteiger partial charge on any atom is -0.363 e. The minimum absolute atomic E-state index is 0.243. The number of aryl methyl sites for hydroxylation is 1. The van der Waals surface area contributed by atoms with Crippen molar-refractivity contribution in [2.45, 2.75) is 11.1 Å². The lowest BCUT2D eigenvalue weighted by Crippen LogP contribution is -2.28. The number of sulfonamides is 1. The number of halogens is 1. The van der Waals surface area contributed by atoms with E-state index in [1.165, 1.54) is 11.3 Å². The molecule has 126 valence electrons. The number of rotatable bonds is 7. The van der Waals surface area contributed by atoms with Gasteiger partial charge in [-0.25, -0.2) is 18.1 Å². The van der Waals surface area contributed by atoms with Crippen LogP contribution in [-0.4, -0.2) is 45.6 Å². The Hall–Kier alpha value is -1.23. The SMILES string of the molecule is Cc1cc(N(C)C)nc(NCCNS(=O)(=O)c2ccc(Br)s2)n1. The highest BCUT2D eigenvalue weighted by atomic mass is 79.9. The van der Waals surface area contributed by atoms with Gasteiger partial charge in [-0.15, -0.1) is 11.3 Å². The first-order valence-electron chi connectivity index (χ1n) is 6.80. The molecule has 2 aromatic rings. The Kier molecular flexibility index (Phi) is 5.95. The summed E-state index contributed by atoms with van der Waals surface area (Å²) in [7, 11) is 0.329. The summed E-state index contributed by atoms with van der Waals surface area (Å²) < 4.78 is 27.7. The number of nitrogens with zero attached hydrogens (tertiary/aromatic N) is 3. The van der Waals surface area contributed by atoms with Crippen LogP contribution in [-0.2, 0) is 10.0 Å². The van der Waals surface area contributed by atoms with Crippen molar-refractivity contribution < 1.29 is 8.42 Å². The van der Waals surface area contributed by atoms with Gasteiger partial charge in [0.25, 0.3) is 0 Å². The molecule has 2 heterocycles. The summed E-state index contributed by atoms with van der Waals surface area (Å²) in [5.41, 5.74) is 0.843. The molecule has 0 saturated carbocycles. The van der Waals surface area contributed by atoms with Gasteiger partial charge < -0.3 is 10.2 Å². The molecule has 0 bridgehead atoms. The molecule has 2 rings (SSSR count). The second-order valence-electron chi connectivity index (χ2n) is 4.97. The number of hydrogen-bond donors (Lipinski definition) is 2. The van der Waals surface area contributed by atoms with Gasteiger partial charge in [0, 0.05) is 38.9 Å². The number of thiophene rings is 1. The number of hydrogen-bond acceptors (Lipinski definition) is 7. The van der Waals surface area contributed by atoms with Crippen molar-refractivity contribution in [3.63, 3.8) is 0 Å². The molecule has 0 aliphatic rings. The van der Waals surface area contributed by atoms with Crippen LogP contribution in [0.4, 0.5) is 11.8 Å². The van der Waals surface area contributed by atoms with E-state index in [9.17, 15) is 8.42 Å². The van der Waals surface area contributed by atoms with Gasteiger partial charge in [0.15, 0.2) is 0 Å². The minimum atomic E-state index is -3.47. The van der Waals surface area contributed by atoms with E-state index in [0.717, 1.165) is 15.3 Å². The van der Waals surface area contributed by atoms with E-state index >= 15 is 0 Å². The van der Waals surface area contributed by atoms with Crippen molar-refractivity contribution in [1.82, 2.24) is 14.7 Å². The van der Waals surface area contributed by atoms with Crippen LogP contribution >= 0.6 is 27.3 Å². The highest BCUT2D eigenvalue weighted by Crippen LogP contribution is 2.25. The molecule has 0 fully saturated rings. The molecule has 0 atom stereocenters. The lowest BCUT2D eigenvalue weighted by Gasteiger charge is -2.13. The smallest absolute Gasteiger partial charge is 0.250 e. The molecular formula is C13H18BrN5O2S2. The Morgan fingerprint density at radius 2 is 2.00 bits per heavy atom. The first-order chi connectivity index (χ1) is 10.8. The maximum atomic E-state index is 12.1. The van der Waals surface area contributed by atoms with E-state index in [1.807, 2.05) is 32.0 Å². The van der Waals surface area contributed by atoms with Gasteiger partial charge in [0.1, 0.15) is 10.0 Å². The van der Waals surface area contributed by atoms with Crippen LogP contribution in [0.15, 0.2) is 26.2 Å². The van der Waals surface area contributed by atoms with Crippen LogP contribution in [0.25, 0.3) is 0 Å². The predicted octanol–water partition coefficient (Wildman–Crippen LogP) is 2.07. The molecule has 2 N–H and O–H groups in total. The van der Waals surface area contributed by atoms with E-state index < -0.39 is 10.0 Å². The first kappa shape index (κ1) is 18.1. The van der Waals surface area contributed by atoms with Crippen LogP contribution in [0.2, 0.25) is 0 Å². The monoisotopic (exact) mass is 419 g/mol. The fourth-order valence-corrected chi connectivity index (χ4v) is 4.82. The van der Waals surface area contributed by atoms with E-state index in [1.54, 1.807) is 12.1 Å². The zero-order valence-electron chi connectivity index (χ0n) is 13.0. The zero-order valence-corrected chi connectivity index (χ0v) is 16.2. The highest BCUT2D eigenvalue weighted by Gasteiger charge is 2.15. The lowest BCUT2D eigenvalue weighted by molar-refractivity contribution is 0.585. The molecule has 0 spiro atoms. The second kappa shape index (κ2) is 7.56. The van der Waals surface area contributed by atoms with Gasteiger partial charge in [-0.05, 0) is 35.0 Å². The first-order valence-corrected chi connectivity index (χ1v) is 9.89. The average molecular weight is 420 g/mol. The Labute approximate surface area is 148 Å². The van der Waals surface area contributed by atoms with E-state index in [4.69, 9.17) is 0 Å². The molecule has 0 radical (unpaired) electrons. The molecule has 2 aromatic heterocycles. The Balaban J connectivity index is 1.90. The summed E-state index contributed by atoms with van der Waals surface area (Å²) in [6.45, 7) is 2.52. The van der Waals surface area contributed by atoms with Gasteiger partial charge in [0.05, 0.1) is 3.79 Å². The van der Waals surface area contributed by atoms with E-state index in [2.05, 4.69) is 35.9 Å².